The molecular formula is C13H24NO6PS. The highest BCUT2D eigenvalue weighted by atomic mass is 32.2. The zero-order valence-corrected chi connectivity index (χ0v) is 15.2. The Morgan fingerprint density at radius 3 is 2.36 bits per heavy atom. The third-order valence-corrected chi connectivity index (χ3v) is 5.32. The Morgan fingerprint density at radius 2 is 1.86 bits per heavy atom. The first-order chi connectivity index (χ1) is 10.2. The van der Waals surface area contributed by atoms with E-state index in [1.807, 2.05) is 6.92 Å². The SMILES string of the molecule is CCOP(=O)(CC1=C/C(=N/OS(C)(=O)=O)CC(C)C1)OCC. The summed E-state index contributed by atoms with van der Waals surface area (Å²) in [7, 11) is -6.81. The molecule has 7 nitrogen and oxygen atoms in total. The molecule has 0 aromatic rings. The van der Waals surface area contributed by atoms with Gasteiger partial charge in [-0.3, -0.25) is 8.85 Å². The molecule has 0 amide bonds. The van der Waals surface area contributed by atoms with E-state index in [0.717, 1.165) is 18.2 Å². The van der Waals surface area contributed by atoms with E-state index >= 15 is 0 Å². The zero-order chi connectivity index (χ0) is 16.8. The molecule has 1 aliphatic carbocycles. The first-order valence-corrected chi connectivity index (χ1v) is 10.7. The van der Waals surface area contributed by atoms with Crippen molar-refractivity contribution in [2.45, 2.75) is 33.6 Å². The topological polar surface area (TPSA) is 91.3 Å². The van der Waals surface area contributed by atoms with Crippen molar-refractivity contribution in [1.82, 2.24) is 0 Å². The van der Waals surface area contributed by atoms with Crippen molar-refractivity contribution in [3.05, 3.63) is 11.6 Å². The second-order valence-corrected chi connectivity index (χ2v) is 8.89. The van der Waals surface area contributed by atoms with Gasteiger partial charge in [0.1, 0.15) is 0 Å². The van der Waals surface area contributed by atoms with Crippen LogP contribution in [0.5, 0.6) is 0 Å². The van der Waals surface area contributed by atoms with E-state index in [0.29, 0.717) is 25.3 Å². The fraction of sp³-hybridized carbons (Fsp3) is 0.769. The summed E-state index contributed by atoms with van der Waals surface area (Å²) in [5.41, 5.74) is 1.37. The lowest BCUT2D eigenvalue weighted by molar-refractivity contribution is 0.221. The normalized spacial score (nSPS) is 21.7. The Balaban J connectivity index is 2.91. The molecule has 1 aliphatic rings. The minimum absolute atomic E-state index is 0.177. The molecule has 128 valence electrons. The van der Waals surface area contributed by atoms with Crippen molar-refractivity contribution in [2.24, 2.45) is 11.1 Å². The van der Waals surface area contributed by atoms with E-state index in [4.69, 9.17) is 9.05 Å². The van der Waals surface area contributed by atoms with Gasteiger partial charge in [-0.1, -0.05) is 17.7 Å². The van der Waals surface area contributed by atoms with Gasteiger partial charge in [-0.2, -0.15) is 8.42 Å². The van der Waals surface area contributed by atoms with Gasteiger partial charge >= 0.3 is 17.7 Å². The maximum absolute atomic E-state index is 12.6. The Hall–Kier alpha value is -0.690. The summed E-state index contributed by atoms with van der Waals surface area (Å²) in [6.07, 6.45) is 4.17. The number of oxime groups is 1. The molecule has 0 bridgehead atoms. The van der Waals surface area contributed by atoms with Gasteiger partial charge in [-0.15, -0.1) is 0 Å². The van der Waals surface area contributed by atoms with Crippen molar-refractivity contribution >= 4 is 23.4 Å². The largest absolute Gasteiger partial charge is 0.334 e. The van der Waals surface area contributed by atoms with Gasteiger partial charge in [0.05, 0.1) is 31.3 Å². The molecule has 0 aromatic carbocycles. The average Bonchev–Trinajstić information content (AvgIpc) is 2.35. The van der Waals surface area contributed by atoms with Crippen LogP contribution >= 0.6 is 7.60 Å². The van der Waals surface area contributed by atoms with Gasteiger partial charge in [0, 0.05) is 0 Å². The highest BCUT2D eigenvalue weighted by Gasteiger charge is 2.28. The first-order valence-electron chi connectivity index (χ1n) is 7.20. The lowest BCUT2D eigenvalue weighted by Gasteiger charge is -2.23. The third-order valence-electron chi connectivity index (χ3n) is 2.88. The minimum atomic E-state index is -3.63. The average molecular weight is 353 g/mol. The van der Waals surface area contributed by atoms with Gasteiger partial charge in [0.15, 0.2) is 0 Å². The van der Waals surface area contributed by atoms with E-state index in [2.05, 4.69) is 9.44 Å². The quantitative estimate of drug-likeness (QED) is 0.492. The molecule has 1 unspecified atom stereocenters. The van der Waals surface area contributed by atoms with Crippen molar-refractivity contribution < 1.29 is 26.3 Å². The number of hydrogen-bond donors (Lipinski definition) is 0. The molecule has 0 fully saturated rings. The van der Waals surface area contributed by atoms with Crippen LogP contribution in [0.3, 0.4) is 0 Å². The maximum atomic E-state index is 12.6. The van der Waals surface area contributed by atoms with Gasteiger partial charge in [0.25, 0.3) is 0 Å². The van der Waals surface area contributed by atoms with E-state index in [9.17, 15) is 13.0 Å². The number of rotatable bonds is 8. The summed E-state index contributed by atoms with van der Waals surface area (Å²) in [6, 6.07) is 0. The molecule has 0 aromatic heterocycles. The lowest BCUT2D eigenvalue weighted by Crippen LogP contribution is -2.15. The third kappa shape index (κ3) is 7.05. The van der Waals surface area contributed by atoms with Crippen LogP contribution in [-0.4, -0.2) is 39.8 Å². The summed E-state index contributed by atoms with van der Waals surface area (Å²) >= 11 is 0. The van der Waals surface area contributed by atoms with Crippen LogP contribution in [0.2, 0.25) is 0 Å². The molecule has 0 aliphatic heterocycles. The van der Waals surface area contributed by atoms with E-state index < -0.39 is 17.7 Å². The summed E-state index contributed by atoms with van der Waals surface area (Å²) in [5, 5.41) is 3.66. The Kier molecular flexibility index (Phi) is 7.25. The van der Waals surface area contributed by atoms with Gasteiger partial charge < -0.3 is 9.05 Å². The standard InChI is InChI=1S/C13H24NO6PS/c1-5-18-21(15,19-6-2)10-12-7-11(3)8-13(9-12)14-20-22(4,16)17/h9,11H,5-8,10H2,1-4H3/b14-13+. The van der Waals surface area contributed by atoms with Gasteiger partial charge in [-0.05, 0) is 38.7 Å². The number of hydrogen-bond acceptors (Lipinski definition) is 7. The molecule has 1 rings (SSSR count). The smallest absolute Gasteiger partial charge is 0.309 e. The van der Waals surface area contributed by atoms with Crippen molar-refractivity contribution in [3.8, 4) is 0 Å². The van der Waals surface area contributed by atoms with Crippen LogP contribution in [0, 0.1) is 5.92 Å². The molecule has 22 heavy (non-hydrogen) atoms. The molecule has 0 saturated heterocycles. The van der Waals surface area contributed by atoms with Crippen molar-refractivity contribution in [1.29, 1.82) is 0 Å². The van der Waals surface area contributed by atoms with Crippen LogP contribution in [0.4, 0.5) is 0 Å². The van der Waals surface area contributed by atoms with Crippen LogP contribution in [0.15, 0.2) is 16.8 Å². The summed E-state index contributed by atoms with van der Waals surface area (Å²) in [5.74, 6) is 0.249. The minimum Gasteiger partial charge on any atom is -0.309 e. The second-order valence-electron chi connectivity index (χ2n) is 5.28. The summed E-state index contributed by atoms with van der Waals surface area (Å²) < 4.78 is 49.6. The Labute approximate surface area is 132 Å². The predicted octanol–water partition coefficient (Wildman–Crippen LogP) is 2.94. The van der Waals surface area contributed by atoms with E-state index in [1.54, 1.807) is 19.9 Å². The number of nitrogens with zero attached hydrogens (tertiary/aromatic N) is 1. The summed E-state index contributed by atoms with van der Waals surface area (Å²) in [6.45, 7) is 6.14. The van der Waals surface area contributed by atoms with Crippen LogP contribution in [0.1, 0.15) is 33.6 Å². The fourth-order valence-corrected chi connectivity index (χ4v) is 4.28. The monoisotopic (exact) mass is 353 g/mol. The molecule has 0 saturated carbocycles. The molecule has 0 radical (unpaired) electrons. The molecule has 1 atom stereocenters. The van der Waals surface area contributed by atoms with Crippen molar-refractivity contribution in [3.63, 3.8) is 0 Å². The molecule has 9 heteroatoms. The highest BCUT2D eigenvalue weighted by molar-refractivity contribution is 7.85. The molecule has 0 spiro atoms. The maximum Gasteiger partial charge on any atom is 0.334 e. The summed E-state index contributed by atoms with van der Waals surface area (Å²) in [4.78, 5) is 0. The molecular weight excluding hydrogens is 329 g/mol. The van der Waals surface area contributed by atoms with Crippen molar-refractivity contribution in [2.75, 3.05) is 25.6 Å². The highest BCUT2D eigenvalue weighted by Crippen LogP contribution is 2.50. The first kappa shape index (κ1) is 19.4. The lowest BCUT2D eigenvalue weighted by atomic mass is 9.90. The molecule has 0 heterocycles. The Bertz CT molecular complexity index is 573. The molecule has 0 N–H and O–H groups in total. The fourth-order valence-electron chi connectivity index (χ4n) is 2.29. The number of allylic oxidation sites excluding steroid dienone is 2. The zero-order valence-electron chi connectivity index (χ0n) is 13.4. The van der Waals surface area contributed by atoms with Gasteiger partial charge in [0.2, 0.25) is 0 Å². The van der Waals surface area contributed by atoms with Crippen LogP contribution < -0.4 is 0 Å². The second kappa shape index (κ2) is 8.24. The van der Waals surface area contributed by atoms with E-state index in [1.165, 1.54) is 0 Å². The van der Waals surface area contributed by atoms with Gasteiger partial charge in [-0.25, -0.2) is 0 Å². The van der Waals surface area contributed by atoms with Crippen LogP contribution in [-0.2, 0) is 28.0 Å². The Morgan fingerprint density at radius 1 is 1.27 bits per heavy atom. The van der Waals surface area contributed by atoms with Crippen LogP contribution in [0.25, 0.3) is 0 Å². The predicted molar refractivity (Wildman–Crippen MR) is 85.6 cm³/mol. The van der Waals surface area contributed by atoms with E-state index in [-0.39, 0.29) is 12.1 Å².